The highest BCUT2D eigenvalue weighted by atomic mass is 32.2. The van der Waals surface area contributed by atoms with Crippen LogP contribution in [0.2, 0.25) is 0 Å². The second kappa shape index (κ2) is 11.8. The summed E-state index contributed by atoms with van der Waals surface area (Å²) in [5.74, 6) is 0. The Morgan fingerprint density at radius 3 is 2.33 bits per heavy atom. The number of halogens is 3. The van der Waals surface area contributed by atoms with Gasteiger partial charge in [0.05, 0.1) is 46.0 Å². The summed E-state index contributed by atoms with van der Waals surface area (Å²) in [5.41, 5.74) is -1.78. The van der Waals surface area contributed by atoms with Gasteiger partial charge in [-0.1, -0.05) is 12.1 Å². The number of aliphatic hydroxyl groups excluding tert-OH is 1. The van der Waals surface area contributed by atoms with Gasteiger partial charge in [0.25, 0.3) is 0 Å². The van der Waals surface area contributed by atoms with Crippen LogP contribution < -0.4 is 4.90 Å². The van der Waals surface area contributed by atoms with Gasteiger partial charge in [-0.05, 0) is 35.9 Å². The number of benzene rings is 2. The summed E-state index contributed by atoms with van der Waals surface area (Å²) in [7, 11) is -4.06. The van der Waals surface area contributed by atoms with Gasteiger partial charge in [-0.25, -0.2) is 22.9 Å². The topological polar surface area (TPSA) is 149 Å². The van der Waals surface area contributed by atoms with Crippen LogP contribution >= 0.6 is 0 Å². The highest BCUT2D eigenvalue weighted by molar-refractivity contribution is 7.90. The van der Waals surface area contributed by atoms with Crippen LogP contribution in [0, 0.1) is 22.7 Å². The molecule has 1 saturated heterocycles. The Kier molecular flexibility index (Phi) is 8.58. The molecule has 0 bridgehead atoms. The van der Waals surface area contributed by atoms with Crippen molar-refractivity contribution in [3.05, 3.63) is 70.9 Å². The molecule has 0 radical (unpaired) electrons. The van der Waals surface area contributed by atoms with Gasteiger partial charge in [-0.2, -0.15) is 23.7 Å². The van der Waals surface area contributed by atoms with Gasteiger partial charge in [-0.15, -0.1) is 0 Å². The lowest BCUT2D eigenvalue weighted by atomic mass is 9.95. The minimum absolute atomic E-state index is 0.0210. The van der Waals surface area contributed by atoms with Crippen LogP contribution in [-0.4, -0.2) is 85.9 Å². The summed E-state index contributed by atoms with van der Waals surface area (Å²) in [6, 6.07) is 7.50. The Morgan fingerprint density at radius 2 is 1.76 bits per heavy atom. The lowest BCUT2D eigenvalue weighted by Gasteiger charge is -2.42. The molecule has 2 heterocycles. The molecule has 0 unspecified atom stereocenters. The molecule has 1 atom stereocenters. The van der Waals surface area contributed by atoms with E-state index in [1.54, 1.807) is 0 Å². The fourth-order valence-corrected chi connectivity index (χ4v) is 5.79. The fourth-order valence-electron chi connectivity index (χ4n) is 4.84. The van der Waals surface area contributed by atoms with Crippen molar-refractivity contribution in [1.29, 1.82) is 10.5 Å². The number of anilines is 1. The first kappa shape index (κ1) is 30.5. The Hall–Kier alpha value is -4.44. The number of urea groups is 2. The number of nitrogens with zero attached hydrogens (tertiary/aromatic N) is 6. The van der Waals surface area contributed by atoms with E-state index in [4.69, 9.17) is 0 Å². The Labute approximate surface area is 239 Å². The number of imide groups is 1. The molecule has 1 fully saturated rings. The third-order valence-electron chi connectivity index (χ3n) is 6.92. The first-order chi connectivity index (χ1) is 19.8. The number of sulfone groups is 1. The number of alkyl halides is 3. The second-order valence-electron chi connectivity index (χ2n) is 9.64. The number of β-amino-alcohol motifs (C(OH)–C–C–N with tert-alkyl or cyclic N) is 1. The van der Waals surface area contributed by atoms with E-state index in [2.05, 4.69) is 0 Å². The third-order valence-corrected chi connectivity index (χ3v) is 8.07. The van der Waals surface area contributed by atoms with Crippen molar-refractivity contribution < 1.29 is 36.3 Å². The highest BCUT2D eigenvalue weighted by Crippen LogP contribution is 2.40. The molecule has 11 nitrogen and oxygen atoms in total. The van der Waals surface area contributed by atoms with E-state index in [1.165, 1.54) is 23.1 Å². The molecule has 2 aliphatic rings. The van der Waals surface area contributed by atoms with Gasteiger partial charge < -0.3 is 10.0 Å². The Bertz CT molecular complexity index is 1620. The van der Waals surface area contributed by atoms with Crippen molar-refractivity contribution in [3.8, 4) is 12.1 Å². The van der Waals surface area contributed by atoms with Crippen molar-refractivity contribution in [2.45, 2.75) is 17.1 Å². The van der Waals surface area contributed by atoms with Gasteiger partial charge in [0.2, 0.25) is 0 Å². The summed E-state index contributed by atoms with van der Waals surface area (Å²) in [6.45, 7) is 1.20. The van der Waals surface area contributed by atoms with Crippen LogP contribution in [0.4, 0.5) is 28.4 Å². The zero-order valence-corrected chi connectivity index (χ0v) is 23.1. The standard InChI is InChI=1S/C27H25F3N6O5S/c1-42(40,41)23-13-18(15-31)5-6-22(23)24-19(16-32)17-35(21-4-2-3-20(14-21)27(28,29)30)26(39)36(24)25(38)34-9-7-33(8-10-34)11-12-37/h2-6,13-14,17,24,37H,7-12H2,1H3/t24-/m0/s1. The smallest absolute Gasteiger partial charge is 0.395 e. The van der Waals surface area contributed by atoms with Crippen molar-refractivity contribution >= 4 is 27.6 Å². The van der Waals surface area contributed by atoms with Gasteiger partial charge >= 0.3 is 18.2 Å². The maximum absolute atomic E-state index is 14.0. The number of carbonyl (C=O) groups excluding carboxylic acids is 2. The van der Waals surface area contributed by atoms with E-state index in [9.17, 15) is 46.8 Å². The normalized spacial score (nSPS) is 18.4. The lowest BCUT2D eigenvalue weighted by molar-refractivity contribution is -0.137. The molecular formula is C27H25F3N6O5S. The van der Waals surface area contributed by atoms with Crippen molar-refractivity contribution in [3.63, 3.8) is 0 Å². The minimum Gasteiger partial charge on any atom is -0.395 e. The number of piperazine rings is 1. The fraction of sp³-hybridized carbons (Fsp3) is 0.333. The first-order valence-corrected chi connectivity index (χ1v) is 14.5. The van der Waals surface area contributed by atoms with Crippen LogP contribution in [0.1, 0.15) is 22.7 Å². The molecule has 4 rings (SSSR count). The summed E-state index contributed by atoms with van der Waals surface area (Å²) >= 11 is 0. The number of hydrogen-bond acceptors (Lipinski definition) is 8. The van der Waals surface area contributed by atoms with Gasteiger partial charge in [0, 0.05) is 45.2 Å². The molecule has 15 heteroatoms. The summed E-state index contributed by atoms with van der Waals surface area (Å²) < 4.78 is 66.0. The lowest BCUT2D eigenvalue weighted by Crippen LogP contribution is -2.58. The molecule has 220 valence electrons. The van der Waals surface area contributed by atoms with Crippen molar-refractivity contribution in [1.82, 2.24) is 14.7 Å². The van der Waals surface area contributed by atoms with E-state index >= 15 is 0 Å². The van der Waals surface area contributed by atoms with Crippen LogP contribution in [0.25, 0.3) is 0 Å². The quantitative estimate of drug-likeness (QED) is 0.549. The molecule has 4 amide bonds. The summed E-state index contributed by atoms with van der Waals surface area (Å²) in [4.78, 5) is 32.2. The van der Waals surface area contributed by atoms with Gasteiger partial charge in [0.1, 0.15) is 6.04 Å². The van der Waals surface area contributed by atoms with Crippen molar-refractivity contribution in [2.24, 2.45) is 0 Å². The molecule has 42 heavy (non-hydrogen) atoms. The maximum atomic E-state index is 14.0. The second-order valence-corrected chi connectivity index (χ2v) is 11.6. The number of rotatable bonds is 5. The monoisotopic (exact) mass is 602 g/mol. The first-order valence-electron chi connectivity index (χ1n) is 12.6. The zero-order valence-electron chi connectivity index (χ0n) is 22.2. The molecule has 0 aliphatic carbocycles. The van der Waals surface area contributed by atoms with E-state index in [0.29, 0.717) is 30.6 Å². The SMILES string of the molecule is CS(=O)(=O)c1cc(C#N)ccc1[C@@H]1C(C#N)=CN(c2cccc(C(F)(F)F)c2)C(=O)N1C(=O)N1CCN(CCO)CC1. The van der Waals surface area contributed by atoms with E-state index in [-0.39, 0.29) is 42.1 Å². The number of carbonyl (C=O) groups is 2. The molecule has 0 spiro atoms. The van der Waals surface area contributed by atoms with Gasteiger partial charge in [0.15, 0.2) is 9.84 Å². The van der Waals surface area contributed by atoms with Crippen LogP contribution in [-0.2, 0) is 16.0 Å². The predicted molar refractivity (Wildman–Crippen MR) is 142 cm³/mol. The maximum Gasteiger partial charge on any atom is 0.416 e. The third kappa shape index (κ3) is 6.08. The summed E-state index contributed by atoms with van der Waals surface area (Å²) in [6.07, 6.45) is -2.89. The molecular weight excluding hydrogens is 577 g/mol. The Morgan fingerprint density at radius 1 is 1.07 bits per heavy atom. The number of hydrogen-bond donors (Lipinski definition) is 1. The Balaban J connectivity index is 1.89. The van der Waals surface area contributed by atoms with E-state index < -0.39 is 44.6 Å². The average molecular weight is 603 g/mol. The average Bonchev–Trinajstić information content (AvgIpc) is 2.96. The molecule has 1 N–H and O–H groups in total. The molecule has 0 saturated carbocycles. The molecule has 2 aliphatic heterocycles. The van der Waals surface area contributed by atoms with E-state index in [0.717, 1.165) is 35.6 Å². The summed E-state index contributed by atoms with van der Waals surface area (Å²) in [5, 5.41) is 28.7. The molecule has 0 aromatic heterocycles. The molecule has 2 aromatic rings. The van der Waals surface area contributed by atoms with E-state index in [1.807, 2.05) is 17.0 Å². The zero-order chi connectivity index (χ0) is 30.8. The predicted octanol–water partition coefficient (Wildman–Crippen LogP) is 3.10. The van der Waals surface area contributed by atoms with Crippen LogP contribution in [0.3, 0.4) is 0 Å². The minimum atomic E-state index is -4.74. The number of nitriles is 2. The molecule has 2 aromatic carbocycles. The van der Waals surface area contributed by atoms with Crippen molar-refractivity contribution in [2.75, 3.05) is 50.5 Å². The highest BCUT2D eigenvalue weighted by Gasteiger charge is 2.45. The number of amides is 4. The van der Waals surface area contributed by atoms with Crippen LogP contribution in [0.5, 0.6) is 0 Å². The van der Waals surface area contributed by atoms with Gasteiger partial charge in [-0.3, -0.25) is 9.80 Å². The largest absolute Gasteiger partial charge is 0.416 e. The van der Waals surface area contributed by atoms with Crippen LogP contribution in [0.15, 0.2) is 59.1 Å². The number of aliphatic hydroxyl groups is 1.